The second-order valence-corrected chi connectivity index (χ2v) is 19.4. The van der Waals surface area contributed by atoms with Crippen LogP contribution in [0.3, 0.4) is 0 Å². The van der Waals surface area contributed by atoms with E-state index in [0.717, 1.165) is 0 Å². The van der Waals surface area contributed by atoms with Crippen molar-refractivity contribution >= 4 is 29.0 Å². The van der Waals surface area contributed by atoms with Crippen LogP contribution in [0, 0.1) is 0 Å². The molecule has 0 saturated carbocycles. The molecular weight excluding hydrogens is 413 g/mol. The second kappa shape index (κ2) is 16.2. The van der Waals surface area contributed by atoms with Gasteiger partial charge in [-0.25, -0.2) is 0 Å². The van der Waals surface area contributed by atoms with Crippen molar-refractivity contribution in [2.45, 2.75) is 131 Å². The van der Waals surface area contributed by atoms with Gasteiger partial charge in [-0.15, -0.1) is 0 Å². The molecule has 0 aliphatic heterocycles. The summed E-state index contributed by atoms with van der Waals surface area (Å²) in [6.45, 7) is 14.1. The van der Waals surface area contributed by atoms with E-state index in [2.05, 4.69) is 41.5 Å². The maximum atomic E-state index is 6.83. The molecule has 0 aromatic rings. The SMILES string of the molecule is CCCC[CH2][Ge]([CH2]CCCC)[CH2]CC(CC)(CC)[O][Ge]([CH2]C)[CH2]C. The van der Waals surface area contributed by atoms with Gasteiger partial charge in [-0.3, -0.25) is 0 Å². The third-order valence-electron chi connectivity index (χ3n) is 5.64. The fraction of sp³-hybridized carbons (Fsp3) is 1.00. The quantitative estimate of drug-likeness (QED) is 0.159. The van der Waals surface area contributed by atoms with Crippen molar-refractivity contribution in [2.24, 2.45) is 0 Å². The first-order valence-electron chi connectivity index (χ1n) is 11.0. The molecule has 0 unspecified atom stereocenters. The van der Waals surface area contributed by atoms with E-state index in [1.54, 1.807) is 15.8 Å². The Morgan fingerprint density at radius 2 is 1.17 bits per heavy atom. The van der Waals surface area contributed by atoms with Crippen LogP contribution >= 0.6 is 0 Å². The minimum atomic E-state index is -1.24. The van der Waals surface area contributed by atoms with Gasteiger partial charge in [0, 0.05) is 0 Å². The molecule has 0 heterocycles. The molecule has 1 nitrogen and oxygen atoms in total. The summed E-state index contributed by atoms with van der Waals surface area (Å²) in [4.78, 5) is 0. The average Bonchev–Trinajstić information content (AvgIpc) is 2.62. The van der Waals surface area contributed by atoms with Gasteiger partial charge >= 0.3 is 164 Å². The summed E-state index contributed by atoms with van der Waals surface area (Å²) in [6.07, 6.45) is 12.5. The van der Waals surface area contributed by atoms with E-state index in [1.807, 2.05) is 0 Å². The Bertz CT molecular complexity index is 253. The van der Waals surface area contributed by atoms with Gasteiger partial charge in [-0.2, -0.15) is 0 Å². The van der Waals surface area contributed by atoms with E-state index in [4.69, 9.17) is 3.76 Å². The first kappa shape index (κ1) is 25.0. The fourth-order valence-electron chi connectivity index (χ4n) is 3.53. The summed E-state index contributed by atoms with van der Waals surface area (Å²) >= 11 is -2.08. The van der Waals surface area contributed by atoms with Crippen LogP contribution in [0.25, 0.3) is 0 Å². The number of unbranched alkanes of at least 4 members (excludes halogenated alkanes) is 4. The zero-order valence-electron chi connectivity index (χ0n) is 17.8. The van der Waals surface area contributed by atoms with Gasteiger partial charge in [-0.05, 0) is 0 Å². The second-order valence-electron chi connectivity index (χ2n) is 7.40. The molecule has 0 bridgehead atoms. The Kier molecular flexibility index (Phi) is 16.9. The molecule has 0 amide bonds. The third kappa shape index (κ3) is 10.9. The molecule has 0 aliphatic carbocycles. The molecule has 0 spiro atoms. The minimum absolute atomic E-state index is 0.245. The number of hydrogen-bond acceptors (Lipinski definition) is 1. The monoisotopic (exact) mass is 462 g/mol. The molecule has 0 N–H and O–H groups in total. The normalized spacial score (nSPS) is 12.5. The van der Waals surface area contributed by atoms with Crippen molar-refractivity contribution in [1.29, 1.82) is 0 Å². The molecule has 0 atom stereocenters. The predicted molar refractivity (Wildman–Crippen MR) is 115 cm³/mol. The molecule has 0 aromatic heterocycles. The Morgan fingerprint density at radius 3 is 1.54 bits per heavy atom. The molecule has 144 valence electrons. The van der Waals surface area contributed by atoms with Crippen molar-refractivity contribution in [3.05, 3.63) is 0 Å². The molecule has 0 aliphatic rings. The fourth-order valence-corrected chi connectivity index (χ4v) is 13.7. The Hall–Kier alpha value is 1.05. The Labute approximate surface area is 163 Å². The summed E-state index contributed by atoms with van der Waals surface area (Å²) in [5.41, 5.74) is 0.245. The van der Waals surface area contributed by atoms with Crippen LogP contribution in [0.15, 0.2) is 0 Å². The molecular formula is C21H46Ge2O. The summed E-state index contributed by atoms with van der Waals surface area (Å²) in [5, 5.41) is 7.45. The standard InChI is InChI=1S/C21H46Ge2O/c1-7-13-15-18-22(19-16-14-8-2)20-17-21(9-3,10-4)24-23(11-5)12-6/h7-20H2,1-6H3. The van der Waals surface area contributed by atoms with Crippen LogP contribution in [0.5, 0.6) is 0 Å². The maximum absolute atomic E-state index is 6.83. The zero-order valence-corrected chi connectivity index (χ0v) is 22.0. The van der Waals surface area contributed by atoms with Gasteiger partial charge in [0.1, 0.15) is 0 Å². The molecule has 0 aromatic carbocycles. The Morgan fingerprint density at radius 1 is 0.667 bits per heavy atom. The first-order chi connectivity index (χ1) is 11.6. The van der Waals surface area contributed by atoms with Crippen LogP contribution in [-0.4, -0.2) is 34.6 Å². The van der Waals surface area contributed by atoms with Crippen LogP contribution in [0.1, 0.15) is 99.3 Å². The molecule has 0 saturated heterocycles. The predicted octanol–water partition coefficient (Wildman–Crippen LogP) is 7.86. The van der Waals surface area contributed by atoms with Crippen LogP contribution in [0.4, 0.5) is 0 Å². The van der Waals surface area contributed by atoms with Crippen LogP contribution in [0.2, 0.25) is 26.3 Å². The van der Waals surface area contributed by atoms with Crippen molar-refractivity contribution in [2.75, 3.05) is 0 Å². The average molecular weight is 460 g/mol. The van der Waals surface area contributed by atoms with E-state index in [0.29, 0.717) is 0 Å². The zero-order chi connectivity index (χ0) is 18.3. The van der Waals surface area contributed by atoms with E-state index in [1.165, 1.54) is 68.3 Å². The third-order valence-corrected chi connectivity index (χ3v) is 16.9. The number of hydrogen-bond donors (Lipinski definition) is 0. The van der Waals surface area contributed by atoms with E-state index < -0.39 is 29.0 Å². The van der Waals surface area contributed by atoms with Crippen molar-refractivity contribution in [1.82, 2.24) is 0 Å². The molecule has 2 radical (unpaired) electrons. The topological polar surface area (TPSA) is 9.23 Å². The summed E-state index contributed by atoms with van der Waals surface area (Å²) in [5.74, 6) is 0. The number of rotatable bonds is 17. The van der Waals surface area contributed by atoms with Crippen molar-refractivity contribution in [3.63, 3.8) is 0 Å². The Balaban J connectivity index is 4.62. The summed E-state index contributed by atoms with van der Waals surface area (Å²) in [6, 6.07) is 0. The van der Waals surface area contributed by atoms with Gasteiger partial charge in [0.2, 0.25) is 0 Å². The van der Waals surface area contributed by atoms with Gasteiger partial charge in [-0.1, -0.05) is 0 Å². The van der Waals surface area contributed by atoms with E-state index >= 15 is 0 Å². The molecule has 0 rings (SSSR count). The molecule has 24 heavy (non-hydrogen) atoms. The van der Waals surface area contributed by atoms with Gasteiger partial charge < -0.3 is 0 Å². The van der Waals surface area contributed by atoms with Gasteiger partial charge in [0.15, 0.2) is 0 Å². The van der Waals surface area contributed by atoms with E-state index in [-0.39, 0.29) is 5.60 Å². The summed E-state index contributed by atoms with van der Waals surface area (Å²) in [7, 11) is 0. The van der Waals surface area contributed by atoms with Gasteiger partial charge in [0.05, 0.1) is 0 Å². The molecule has 3 heteroatoms. The van der Waals surface area contributed by atoms with Crippen LogP contribution < -0.4 is 0 Å². The van der Waals surface area contributed by atoms with Crippen LogP contribution in [-0.2, 0) is 3.76 Å². The first-order valence-corrected chi connectivity index (χ1v) is 19.3. The summed E-state index contributed by atoms with van der Waals surface area (Å²) < 4.78 is 6.83. The molecule has 0 fully saturated rings. The van der Waals surface area contributed by atoms with Crippen molar-refractivity contribution < 1.29 is 3.76 Å². The van der Waals surface area contributed by atoms with E-state index in [9.17, 15) is 0 Å². The van der Waals surface area contributed by atoms with Crippen molar-refractivity contribution in [3.8, 4) is 0 Å². The van der Waals surface area contributed by atoms with Gasteiger partial charge in [0.25, 0.3) is 0 Å².